The first-order valence-corrected chi connectivity index (χ1v) is 7.64. The van der Waals surface area contributed by atoms with Gasteiger partial charge in [-0.15, -0.1) is 24.0 Å². The van der Waals surface area contributed by atoms with Crippen LogP contribution in [0.1, 0.15) is 24.0 Å². The summed E-state index contributed by atoms with van der Waals surface area (Å²) in [6, 6.07) is 8.36. The van der Waals surface area contributed by atoms with Gasteiger partial charge in [0.25, 0.3) is 0 Å². The van der Waals surface area contributed by atoms with E-state index in [1.807, 2.05) is 6.07 Å². The molecule has 1 aliphatic rings. The van der Waals surface area contributed by atoms with Gasteiger partial charge in [-0.05, 0) is 30.5 Å². The van der Waals surface area contributed by atoms with Crippen molar-refractivity contribution in [3.05, 3.63) is 35.4 Å². The van der Waals surface area contributed by atoms with E-state index in [-0.39, 0.29) is 35.8 Å². The number of hydrogen-bond donors (Lipinski definition) is 3. The molecule has 1 saturated heterocycles. The number of halogens is 1. The molecule has 7 heteroatoms. The smallest absolute Gasteiger partial charge is 0.221 e. The molecule has 1 fully saturated rings. The van der Waals surface area contributed by atoms with Crippen LogP contribution >= 0.6 is 24.0 Å². The Morgan fingerprint density at radius 3 is 2.83 bits per heavy atom. The van der Waals surface area contributed by atoms with Gasteiger partial charge in [0.15, 0.2) is 5.96 Å². The first-order chi connectivity index (χ1) is 10.6. The molecular formula is C16H26IN5O. The molecule has 1 aliphatic heterocycles. The number of nitrogens with zero attached hydrogens (tertiary/aromatic N) is 2. The fourth-order valence-corrected chi connectivity index (χ4v) is 2.80. The molecule has 5 N–H and O–H groups in total. The number of amides is 1. The second kappa shape index (κ2) is 9.71. The number of carbonyl (C=O) groups excluding carboxylic acids is 1. The third-order valence-corrected chi connectivity index (χ3v) is 4.02. The van der Waals surface area contributed by atoms with Gasteiger partial charge in [0.1, 0.15) is 0 Å². The molecule has 0 aromatic heterocycles. The Kier molecular flexibility index (Phi) is 8.32. The van der Waals surface area contributed by atoms with Crippen molar-refractivity contribution in [3.8, 4) is 0 Å². The van der Waals surface area contributed by atoms with E-state index >= 15 is 0 Å². The number of nitrogens with two attached hydrogens (primary N) is 2. The van der Waals surface area contributed by atoms with E-state index < -0.39 is 0 Å². The minimum Gasteiger partial charge on any atom is -0.370 e. The molecule has 1 atom stereocenters. The molecule has 6 nitrogen and oxygen atoms in total. The number of aliphatic imine (C=N–C) groups is 1. The Balaban J connectivity index is 0.00000264. The van der Waals surface area contributed by atoms with Gasteiger partial charge in [-0.2, -0.15) is 0 Å². The van der Waals surface area contributed by atoms with Crippen molar-refractivity contribution in [1.82, 2.24) is 10.2 Å². The van der Waals surface area contributed by atoms with Gasteiger partial charge in [0.05, 0.1) is 5.92 Å². The predicted molar refractivity (Wildman–Crippen MR) is 103 cm³/mol. The lowest BCUT2D eigenvalue weighted by atomic mass is 9.97. The summed E-state index contributed by atoms with van der Waals surface area (Å²) < 4.78 is 0. The second-order valence-corrected chi connectivity index (χ2v) is 5.76. The van der Waals surface area contributed by atoms with E-state index in [4.69, 9.17) is 11.5 Å². The maximum absolute atomic E-state index is 11.3. The number of guanidine groups is 1. The maximum Gasteiger partial charge on any atom is 0.221 e. The van der Waals surface area contributed by atoms with Crippen molar-refractivity contribution in [3.63, 3.8) is 0 Å². The highest BCUT2D eigenvalue weighted by Gasteiger charge is 2.23. The summed E-state index contributed by atoms with van der Waals surface area (Å²) >= 11 is 0. The number of benzene rings is 1. The molecule has 0 radical (unpaired) electrons. The van der Waals surface area contributed by atoms with Crippen LogP contribution in [0.5, 0.6) is 0 Å². The summed E-state index contributed by atoms with van der Waals surface area (Å²) in [5, 5.41) is 3.05. The van der Waals surface area contributed by atoms with Crippen molar-refractivity contribution < 1.29 is 4.79 Å². The van der Waals surface area contributed by atoms with Gasteiger partial charge >= 0.3 is 0 Å². The van der Waals surface area contributed by atoms with E-state index in [0.29, 0.717) is 12.5 Å². The first-order valence-electron chi connectivity index (χ1n) is 7.64. The van der Waals surface area contributed by atoms with Crippen LogP contribution in [0.4, 0.5) is 0 Å². The van der Waals surface area contributed by atoms with Crippen molar-refractivity contribution in [2.24, 2.45) is 22.4 Å². The van der Waals surface area contributed by atoms with Crippen molar-refractivity contribution in [1.29, 1.82) is 0 Å². The number of primary amides is 1. The topological polar surface area (TPSA) is 96.7 Å². The van der Waals surface area contributed by atoms with Gasteiger partial charge < -0.3 is 16.8 Å². The van der Waals surface area contributed by atoms with Gasteiger partial charge in [-0.1, -0.05) is 24.3 Å². The number of piperidine rings is 1. The lowest BCUT2D eigenvalue weighted by molar-refractivity contribution is -0.123. The quantitative estimate of drug-likeness (QED) is 0.369. The third-order valence-electron chi connectivity index (χ3n) is 4.02. The zero-order chi connectivity index (χ0) is 15.9. The molecule has 1 aromatic rings. The van der Waals surface area contributed by atoms with Crippen LogP contribution in [0.3, 0.4) is 0 Å². The number of rotatable bonds is 5. The van der Waals surface area contributed by atoms with E-state index in [9.17, 15) is 4.79 Å². The minimum absolute atomic E-state index is 0. The highest BCUT2D eigenvalue weighted by Crippen LogP contribution is 2.18. The summed E-state index contributed by atoms with van der Waals surface area (Å²) in [5.41, 5.74) is 13.5. The largest absolute Gasteiger partial charge is 0.370 e. The third kappa shape index (κ3) is 6.34. The van der Waals surface area contributed by atoms with Crippen LogP contribution in [0.15, 0.2) is 29.3 Å². The molecule has 1 heterocycles. The average Bonchev–Trinajstić information content (AvgIpc) is 2.53. The molecule has 0 aliphatic carbocycles. The van der Waals surface area contributed by atoms with E-state index in [1.165, 1.54) is 5.56 Å². The molecule has 1 amide bonds. The van der Waals surface area contributed by atoms with Gasteiger partial charge in [-0.25, -0.2) is 0 Å². The van der Waals surface area contributed by atoms with E-state index in [1.54, 1.807) is 7.05 Å². The highest BCUT2D eigenvalue weighted by molar-refractivity contribution is 14.0. The summed E-state index contributed by atoms with van der Waals surface area (Å²) in [7, 11) is 1.66. The van der Waals surface area contributed by atoms with E-state index in [2.05, 4.69) is 33.4 Å². The predicted octanol–water partition coefficient (Wildman–Crippen LogP) is 1.04. The zero-order valence-corrected chi connectivity index (χ0v) is 15.8. The Bertz CT molecular complexity index is 549. The van der Waals surface area contributed by atoms with Crippen LogP contribution in [0.25, 0.3) is 0 Å². The molecule has 0 spiro atoms. The molecule has 23 heavy (non-hydrogen) atoms. The van der Waals surface area contributed by atoms with Crippen LogP contribution in [-0.4, -0.2) is 36.9 Å². The Morgan fingerprint density at radius 1 is 1.39 bits per heavy atom. The lowest BCUT2D eigenvalue weighted by Gasteiger charge is -2.31. The fraction of sp³-hybridized carbons (Fsp3) is 0.500. The summed E-state index contributed by atoms with van der Waals surface area (Å²) in [6.45, 7) is 3.27. The van der Waals surface area contributed by atoms with Crippen molar-refractivity contribution in [2.45, 2.75) is 25.9 Å². The molecule has 2 rings (SSSR count). The Hall–Kier alpha value is -1.35. The molecule has 1 aromatic carbocycles. The van der Waals surface area contributed by atoms with Gasteiger partial charge in [0, 0.05) is 26.7 Å². The number of likely N-dealkylation sites (tertiary alicyclic amines) is 1. The fourth-order valence-electron chi connectivity index (χ4n) is 2.80. The van der Waals surface area contributed by atoms with E-state index in [0.717, 1.165) is 38.0 Å². The Morgan fingerprint density at radius 2 is 2.13 bits per heavy atom. The second-order valence-electron chi connectivity index (χ2n) is 5.76. The summed E-state index contributed by atoms with van der Waals surface area (Å²) in [6.07, 6.45) is 1.93. The standard InChI is InChI=1S/C16H25N5O.HI/c1-19-16(18)20-9-12-4-2-5-13(8-12)10-21-7-3-6-14(11-21)15(17)22;/h2,4-5,8,14H,3,6-7,9-11H2,1H3,(H2,17,22)(H3,18,19,20);1H. The number of hydrogen-bond acceptors (Lipinski definition) is 3. The van der Waals surface area contributed by atoms with Gasteiger partial charge in [-0.3, -0.25) is 14.7 Å². The van der Waals surface area contributed by atoms with Crippen LogP contribution < -0.4 is 16.8 Å². The lowest BCUT2D eigenvalue weighted by Crippen LogP contribution is -2.40. The molecule has 128 valence electrons. The number of carbonyl (C=O) groups is 1. The van der Waals surface area contributed by atoms with Crippen LogP contribution in [-0.2, 0) is 17.9 Å². The molecule has 0 bridgehead atoms. The minimum atomic E-state index is -0.183. The van der Waals surface area contributed by atoms with Gasteiger partial charge in [0.2, 0.25) is 5.91 Å². The normalized spacial score (nSPS) is 19.0. The summed E-state index contributed by atoms with van der Waals surface area (Å²) in [4.78, 5) is 17.5. The maximum atomic E-state index is 11.3. The Labute approximate surface area is 154 Å². The first kappa shape index (κ1) is 19.7. The van der Waals surface area contributed by atoms with Crippen LogP contribution in [0.2, 0.25) is 0 Å². The SMILES string of the molecule is CN=C(N)NCc1cccc(CN2CCCC(C(N)=O)C2)c1.I. The van der Waals surface area contributed by atoms with Crippen molar-refractivity contribution in [2.75, 3.05) is 20.1 Å². The van der Waals surface area contributed by atoms with Crippen LogP contribution in [0, 0.1) is 5.92 Å². The van der Waals surface area contributed by atoms with Crippen molar-refractivity contribution >= 4 is 35.8 Å². The average molecular weight is 431 g/mol. The monoisotopic (exact) mass is 431 g/mol. The number of nitrogens with one attached hydrogen (secondary N) is 1. The molecule has 0 saturated carbocycles. The molecule has 1 unspecified atom stereocenters. The molecular weight excluding hydrogens is 405 g/mol. The summed E-state index contributed by atoms with van der Waals surface area (Å²) in [5.74, 6) is 0.238. The highest BCUT2D eigenvalue weighted by atomic mass is 127. The zero-order valence-electron chi connectivity index (χ0n) is 13.5.